The molecule has 0 spiro atoms. The van der Waals surface area contributed by atoms with Gasteiger partial charge in [0.05, 0.1) is 0 Å². The van der Waals surface area contributed by atoms with E-state index in [-0.39, 0.29) is 17.3 Å². The van der Waals surface area contributed by atoms with Crippen LogP contribution in [0.5, 0.6) is 5.75 Å². The van der Waals surface area contributed by atoms with Crippen LogP contribution < -0.4 is 10.1 Å². The van der Waals surface area contributed by atoms with Gasteiger partial charge in [0, 0.05) is 17.0 Å². The molecule has 19 heavy (non-hydrogen) atoms. The molecule has 0 unspecified atom stereocenters. The predicted octanol–water partition coefficient (Wildman–Crippen LogP) is 3.02. The lowest BCUT2D eigenvalue weighted by atomic mass is 10.2. The molecule has 0 aliphatic rings. The fourth-order valence-corrected chi connectivity index (χ4v) is 2.28. The van der Waals surface area contributed by atoms with Gasteiger partial charge in [0.1, 0.15) is 5.75 Å². The summed E-state index contributed by atoms with van der Waals surface area (Å²) in [4.78, 5) is 11.6. The maximum atomic E-state index is 11.6. The molecule has 0 saturated heterocycles. The van der Waals surface area contributed by atoms with Gasteiger partial charge in [-0.1, -0.05) is 39.0 Å². The van der Waals surface area contributed by atoms with Gasteiger partial charge in [-0.3, -0.25) is 4.79 Å². The van der Waals surface area contributed by atoms with Gasteiger partial charge in [-0.05, 0) is 18.6 Å². The highest BCUT2D eigenvalue weighted by Crippen LogP contribution is 2.22. The van der Waals surface area contributed by atoms with Gasteiger partial charge in [-0.25, -0.2) is 0 Å². The summed E-state index contributed by atoms with van der Waals surface area (Å²) in [5, 5.41) is 2.86. The lowest BCUT2D eigenvalue weighted by Gasteiger charge is -2.17. The average Bonchev–Trinajstić information content (AvgIpc) is 2.32. The summed E-state index contributed by atoms with van der Waals surface area (Å²) in [5.41, 5.74) is 1.04. The molecule has 0 fully saturated rings. The first-order valence-electron chi connectivity index (χ1n) is 6.47. The number of carbonyl (C=O) groups excluding carboxylic acids is 1. The molecular weight excluding hydrogens is 258 g/mol. The predicted molar refractivity (Wildman–Crippen MR) is 81.9 cm³/mol. The van der Waals surface area contributed by atoms with Gasteiger partial charge >= 0.3 is 0 Å². The monoisotopic (exact) mass is 281 g/mol. The lowest BCUT2D eigenvalue weighted by molar-refractivity contribution is -0.122. The minimum atomic E-state index is -0.0715. The molecule has 4 heteroatoms. The summed E-state index contributed by atoms with van der Waals surface area (Å²) in [6, 6.07) is 7.69. The highest BCUT2D eigenvalue weighted by atomic mass is 32.2. The molecule has 0 aliphatic carbocycles. The number of rotatable bonds is 6. The van der Waals surface area contributed by atoms with Gasteiger partial charge in [0.2, 0.25) is 0 Å². The van der Waals surface area contributed by atoms with Crippen LogP contribution in [-0.2, 0) is 4.79 Å². The van der Waals surface area contributed by atoms with E-state index in [1.165, 1.54) is 0 Å². The molecule has 0 aliphatic heterocycles. The largest absolute Gasteiger partial charge is 0.484 e. The van der Waals surface area contributed by atoms with E-state index in [1.54, 1.807) is 0 Å². The van der Waals surface area contributed by atoms with Crippen molar-refractivity contribution in [2.45, 2.75) is 32.4 Å². The molecular formula is C15H23NO2S. The second-order valence-electron chi connectivity index (χ2n) is 5.36. The zero-order valence-corrected chi connectivity index (χ0v) is 13.0. The Hall–Kier alpha value is -1.16. The van der Waals surface area contributed by atoms with Crippen molar-refractivity contribution in [3.63, 3.8) is 0 Å². The molecule has 1 rings (SSSR count). The van der Waals surface area contributed by atoms with E-state index >= 15 is 0 Å². The highest BCUT2D eigenvalue weighted by molar-refractivity contribution is 8.00. The SMILES string of the molecule is Cc1ccccc1OCC(=O)NCCSC(C)(C)C. The number of aryl methyl sites for hydroxylation is 1. The maximum absolute atomic E-state index is 11.6. The maximum Gasteiger partial charge on any atom is 0.257 e. The fraction of sp³-hybridized carbons (Fsp3) is 0.533. The van der Waals surface area contributed by atoms with Crippen LogP contribution in [-0.4, -0.2) is 29.6 Å². The average molecular weight is 281 g/mol. The van der Waals surface area contributed by atoms with E-state index in [2.05, 4.69) is 26.1 Å². The molecule has 1 amide bonds. The van der Waals surface area contributed by atoms with Gasteiger partial charge < -0.3 is 10.1 Å². The number of benzene rings is 1. The first kappa shape index (κ1) is 15.9. The van der Waals surface area contributed by atoms with Crippen molar-refractivity contribution in [1.82, 2.24) is 5.32 Å². The molecule has 0 aromatic heterocycles. The zero-order valence-electron chi connectivity index (χ0n) is 12.2. The van der Waals surface area contributed by atoms with Crippen molar-refractivity contribution < 1.29 is 9.53 Å². The fourth-order valence-electron chi connectivity index (χ4n) is 1.46. The number of para-hydroxylation sites is 1. The molecule has 1 N–H and O–H groups in total. The van der Waals surface area contributed by atoms with Crippen LogP contribution in [0.3, 0.4) is 0 Å². The number of carbonyl (C=O) groups is 1. The molecule has 106 valence electrons. The van der Waals surface area contributed by atoms with Gasteiger partial charge in [0.25, 0.3) is 5.91 Å². The van der Waals surface area contributed by atoms with Crippen LogP contribution in [0.2, 0.25) is 0 Å². The van der Waals surface area contributed by atoms with Crippen molar-refractivity contribution in [1.29, 1.82) is 0 Å². The molecule has 0 saturated carbocycles. The van der Waals surface area contributed by atoms with E-state index in [9.17, 15) is 4.79 Å². The Morgan fingerprint density at radius 1 is 1.32 bits per heavy atom. The minimum Gasteiger partial charge on any atom is -0.484 e. The minimum absolute atomic E-state index is 0.0715. The van der Waals surface area contributed by atoms with E-state index < -0.39 is 0 Å². The topological polar surface area (TPSA) is 38.3 Å². The van der Waals surface area contributed by atoms with Crippen LogP contribution in [0.25, 0.3) is 0 Å². The van der Waals surface area contributed by atoms with E-state index in [0.717, 1.165) is 17.1 Å². The molecule has 0 atom stereocenters. The standard InChI is InChI=1S/C15H23NO2S/c1-12-7-5-6-8-13(12)18-11-14(17)16-9-10-19-15(2,3)4/h5-8H,9-11H2,1-4H3,(H,16,17). The first-order valence-corrected chi connectivity index (χ1v) is 7.46. The van der Waals surface area contributed by atoms with E-state index in [0.29, 0.717) is 6.54 Å². The molecule has 0 heterocycles. The van der Waals surface area contributed by atoms with Crippen LogP contribution in [0.15, 0.2) is 24.3 Å². The smallest absolute Gasteiger partial charge is 0.257 e. The van der Waals surface area contributed by atoms with Crippen molar-refractivity contribution in [2.75, 3.05) is 18.9 Å². The Labute approximate surface area is 120 Å². The summed E-state index contributed by atoms with van der Waals surface area (Å²) in [6.07, 6.45) is 0. The Balaban J connectivity index is 2.20. The van der Waals surface area contributed by atoms with Crippen molar-refractivity contribution in [2.24, 2.45) is 0 Å². The number of ether oxygens (including phenoxy) is 1. The summed E-state index contributed by atoms with van der Waals surface area (Å²) >= 11 is 1.84. The second-order valence-corrected chi connectivity index (χ2v) is 7.29. The summed E-state index contributed by atoms with van der Waals surface area (Å²) < 4.78 is 5.72. The number of nitrogens with one attached hydrogen (secondary N) is 1. The number of thioether (sulfide) groups is 1. The van der Waals surface area contributed by atoms with Gasteiger partial charge in [-0.2, -0.15) is 11.8 Å². The number of hydrogen-bond donors (Lipinski definition) is 1. The van der Waals surface area contributed by atoms with Gasteiger partial charge in [0.15, 0.2) is 6.61 Å². The summed E-state index contributed by atoms with van der Waals surface area (Å²) in [7, 11) is 0. The quantitative estimate of drug-likeness (QED) is 0.815. The van der Waals surface area contributed by atoms with Crippen molar-refractivity contribution >= 4 is 17.7 Å². The van der Waals surface area contributed by atoms with E-state index in [4.69, 9.17) is 4.74 Å². The molecule has 1 aromatic carbocycles. The summed E-state index contributed by atoms with van der Waals surface area (Å²) in [5.74, 6) is 1.61. The van der Waals surface area contributed by atoms with Crippen LogP contribution in [0.4, 0.5) is 0 Å². The Morgan fingerprint density at radius 3 is 2.63 bits per heavy atom. The van der Waals surface area contributed by atoms with Crippen LogP contribution in [0.1, 0.15) is 26.3 Å². The molecule has 0 bridgehead atoms. The lowest BCUT2D eigenvalue weighted by Crippen LogP contribution is -2.31. The van der Waals surface area contributed by atoms with E-state index in [1.807, 2.05) is 43.0 Å². The molecule has 0 radical (unpaired) electrons. The highest BCUT2D eigenvalue weighted by Gasteiger charge is 2.10. The third-order valence-electron chi connectivity index (χ3n) is 2.41. The normalized spacial score (nSPS) is 11.2. The molecule has 3 nitrogen and oxygen atoms in total. The Kier molecular flexibility index (Phi) is 6.22. The third kappa shape index (κ3) is 7.11. The Bertz CT molecular complexity index is 413. The Morgan fingerprint density at radius 2 is 2.00 bits per heavy atom. The number of hydrogen-bond acceptors (Lipinski definition) is 3. The summed E-state index contributed by atoms with van der Waals surface area (Å²) in [6.45, 7) is 9.22. The van der Waals surface area contributed by atoms with Crippen LogP contribution in [0, 0.1) is 6.92 Å². The van der Waals surface area contributed by atoms with Crippen molar-refractivity contribution in [3.8, 4) is 5.75 Å². The van der Waals surface area contributed by atoms with Crippen molar-refractivity contribution in [3.05, 3.63) is 29.8 Å². The third-order valence-corrected chi connectivity index (χ3v) is 3.69. The van der Waals surface area contributed by atoms with Crippen LogP contribution >= 0.6 is 11.8 Å². The molecule has 1 aromatic rings. The number of amides is 1. The second kappa shape index (κ2) is 7.43. The van der Waals surface area contributed by atoms with Gasteiger partial charge in [-0.15, -0.1) is 0 Å². The zero-order chi connectivity index (χ0) is 14.3. The first-order chi connectivity index (χ1) is 8.88.